The van der Waals surface area contributed by atoms with Crippen LogP contribution in [-0.2, 0) is 13.1 Å². The van der Waals surface area contributed by atoms with Crippen LogP contribution in [0.5, 0.6) is 0 Å². The Kier molecular flexibility index (Phi) is 3.42. The largest absolute Gasteiger partial charge is 0.334 e. The topological polar surface area (TPSA) is 52.7 Å². The number of aromatic nitrogens is 4. The lowest BCUT2D eigenvalue weighted by Crippen LogP contribution is -2.24. The van der Waals surface area contributed by atoms with E-state index >= 15 is 0 Å². The van der Waals surface area contributed by atoms with Crippen molar-refractivity contribution in [2.75, 3.05) is 0 Å². The molecule has 0 saturated carbocycles. The molecule has 0 aromatic carbocycles. The summed E-state index contributed by atoms with van der Waals surface area (Å²) in [6.07, 6.45) is 5.19. The predicted molar refractivity (Wildman–Crippen MR) is 67.9 cm³/mol. The summed E-state index contributed by atoms with van der Waals surface area (Å²) >= 11 is 3.25. The normalized spacial score (nSPS) is 10.8. The van der Waals surface area contributed by atoms with Crippen LogP contribution in [0.25, 0.3) is 0 Å². The molecule has 0 spiro atoms. The Hall–Kier alpha value is -1.43. The maximum Gasteiger partial charge on any atom is 0.268 e. The Morgan fingerprint density at radius 1 is 1.35 bits per heavy atom. The standard InChI is InChI=1S/C11H13BrN4O/c1-3-15-5-4-13-9(15)6-16-7-14-8(2)10(12)11(16)17/h4-5,7H,3,6H2,1-2H3. The highest BCUT2D eigenvalue weighted by Gasteiger charge is 2.08. The van der Waals surface area contributed by atoms with Gasteiger partial charge in [0.1, 0.15) is 10.3 Å². The van der Waals surface area contributed by atoms with Crippen molar-refractivity contribution in [3.8, 4) is 0 Å². The molecule has 6 heteroatoms. The lowest BCUT2D eigenvalue weighted by atomic mass is 10.4. The number of halogens is 1. The van der Waals surface area contributed by atoms with Crippen LogP contribution in [0.2, 0.25) is 0 Å². The second-order valence-electron chi connectivity index (χ2n) is 3.71. The van der Waals surface area contributed by atoms with Gasteiger partial charge in [-0.1, -0.05) is 0 Å². The molecule has 2 aromatic heterocycles. The van der Waals surface area contributed by atoms with E-state index in [1.54, 1.807) is 24.0 Å². The molecule has 0 aliphatic rings. The number of imidazole rings is 1. The monoisotopic (exact) mass is 296 g/mol. The Bertz CT molecular complexity index is 587. The van der Waals surface area contributed by atoms with E-state index in [9.17, 15) is 4.79 Å². The van der Waals surface area contributed by atoms with Gasteiger partial charge < -0.3 is 4.57 Å². The first kappa shape index (κ1) is 12.0. The molecule has 2 aromatic rings. The summed E-state index contributed by atoms with van der Waals surface area (Å²) in [5.41, 5.74) is 0.619. The highest BCUT2D eigenvalue weighted by molar-refractivity contribution is 9.10. The zero-order chi connectivity index (χ0) is 12.4. The van der Waals surface area contributed by atoms with E-state index in [2.05, 4.69) is 25.9 Å². The quantitative estimate of drug-likeness (QED) is 0.864. The average molecular weight is 297 g/mol. The summed E-state index contributed by atoms with van der Waals surface area (Å²) in [6, 6.07) is 0. The SMILES string of the molecule is CCn1ccnc1Cn1cnc(C)c(Br)c1=O. The fourth-order valence-corrected chi connectivity index (χ4v) is 1.92. The number of nitrogens with zero attached hydrogens (tertiary/aromatic N) is 4. The van der Waals surface area contributed by atoms with Gasteiger partial charge in [-0.25, -0.2) is 9.97 Å². The van der Waals surface area contributed by atoms with Gasteiger partial charge in [-0.3, -0.25) is 9.36 Å². The van der Waals surface area contributed by atoms with Crippen LogP contribution in [0.15, 0.2) is 28.0 Å². The smallest absolute Gasteiger partial charge is 0.268 e. The van der Waals surface area contributed by atoms with Crippen molar-refractivity contribution in [3.63, 3.8) is 0 Å². The molecule has 90 valence electrons. The third-order valence-corrected chi connectivity index (χ3v) is 3.52. The van der Waals surface area contributed by atoms with Crippen molar-refractivity contribution in [2.45, 2.75) is 26.9 Å². The van der Waals surface area contributed by atoms with Gasteiger partial charge in [0.2, 0.25) is 0 Å². The lowest BCUT2D eigenvalue weighted by Gasteiger charge is -2.08. The van der Waals surface area contributed by atoms with Gasteiger partial charge >= 0.3 is 0 Å². The van der Waals surface area contributed by atoms with Crippen LogP contribution in [0.1, 0.15) is 18.4 Å². The minimum Gasteiger partial charge on any atom is -0.334 e. The molecule has 0 aliphatic carbocycles. The summed E-state index contributed by atoms with van der Waals surface area (Å²) < 4.78 is 4.06. The molecule has 2 rings (SSSR count). The highest BCUT2D eigenvalue weighted by atomic mass is 79.9. The average Bonchev–Trinajstić information content (AvgIpc) is 2.77. The number of rotatable bonds is 3. The van der Waals surface area contributed by atoms with E-state index in [0.717, 1.165) is 12.4 Å². The summed E-state index contributed by atoms with van der Waals surface area (Å²) in [4.78, 5) is 20.3. The zero-order valence-corrected chi connectivity index (χ0v) is 11.3. The van der Waals surface area contributed by atoms with E-state index in [0.29, 0.717) is 16.7 Å². The fourth-order valence-electron chi connectivity index (χ4n) is 1.59. The first-order valence-corrected chi connectivity index (χ1v) is 6.14. The third-order valence-electron chi connectivity index (χ3n) is 2.61. The number of hydrogen-bond donors (Lipinski definition) is 0. The third kappa shape index (κ3) is 2.31. The molecule has 0 fully saturated rings. The van der Waals surface area contributed by atoms with Crippen molar-refractivity contribution < 1.29 is 0 Å². The van der Waals surface area contributed by atoms with E-state index in [-0.39, 0.29) is 5.56 Å². The van der Waals surface area contributed by atoms with Crippen LogP contribution < -0.4 is 5.56 Å². The van der Waals surface area contributed by atoms with Gasteiger partial charge in [0.25, 0.3) is 5.56 Å². The first-order valence-electron chi connectivity index (χ1n) is 5.35. The molecule has 0 bridgehead atoms. The molecule has 0 amide bonds. The summed E-state index contributed by atoms with van der Waals surface area (Å²) in [5.74, 6) is 0.854. The first-order chi connectivity index (χ1) is 8.13. The number of hydrogen-bond acceptors (Lipinski definition) is 3. The van der Waals surface area contributed by atoms with Crippen molar-refractivity contribution in [1.82, 2.24) is 19.1 Å². The van der Waals surface area contributed by atoms with E-state index in [4.69, 9.17) is 0 Å². The molecule has 2 heterocycles. The molecule has 0 radical (unpaired) electrons. The van der Waals surface area contributed by atoms with E-state index in [1.807, 2.05) is 17.7 Å². The van der Waals surface area contributed by atoms with Crippen molar-refractivity contribution in [1.29, 1.82) is 0 Å². The van der Waals surface area contributed by atoms with Gasteiger partial charge in [-0.15, -0.1) is 0 Å². The summed E-state index contributed by atoms with van der Waals surface area (Å²) in [7, 11) is 0. The predicted octanol–water partition coefficient (Wildman–Crippen LogP) is 1.58. The van der Waals surface area contributed by atoms with Gasteiger partial charge in [0.15, 0.2) is 0 Å². The Morgan fingerprint density at radius 3 is 2.82 bits per heavy atom. The minimum absolute atomic E-state index is 0.0804. The van der Waals surface area contributed by atoms with Crippen molar-refractivity contribution in [2.24, 2.45) is 0 Å². The maximum atomic E-state index is 12.0. The highest BCUT2D eigenvalue weighted by Crippen LogP contribution is 2.07. The molecule has 0 aliphatic heterocycles. The summed E-state index contributed by atoms with van der Waals surface area (Å²) in [6.45, 7) is 5.11. The molecule has 0 N–H and O–H groups in total. The molecule has 5 nitrogen and oxygen atoms in total. The molecule has 0 unspecified atom stereocenters. The van der Waals surface area contributed by atoms with Crippen LogP contribution >= 0.6 is 15.9 Å². The molecule has 0 atom stereocenters. The Labute approximate surface area is 107 Å². The minimum atomic E-state index is -0.0804. The lowest BCUT2D eigenvalue weighted by molar-refractivity contribution is 0.628. The molecular weight excluding hydrogens is 284 g/mol. The Balaban J connectivity index is 2.37. The van der Waals surface area contributed by atoms with Gasteiger partial charge in [0.05, 0.1) is 18.6 Å². The van der Waals surface area contributed by atoms with Crippen LogP contribution in [0.3, 0.4) is 0 Å². The van der Waals surface area contributed by atoms with E-state index in [1.165, 1.54) is 0 Å². The van der Waals surface area contributed by atoms with Gasteiger partial charge in [-0.2, -0.15) is 0 Å². The molecule has 17 heavy (non-hydrogen) atoms. The Morgan fingerprint density at radius 2 is 2.12 bits per heavy atom. The summed E-state index contributed by atoms with van der Waals surface area (Å²) in [5, 5.41) is 0. The second-order valence-corrected chi connectivity index (χ2v) is 4.50. The fraction of sp³-hybridized carbons (Fsp3) is 0.364. The maximum absolute atomic E-state index is 12.0. The zero-order valence-electron chi connectivity index (χ0n) is 9.72. The van der Waals surface area contributed by atoms with E-state index < -0.39 is 0 Å². The second kappa shape index (κ2) is 4.83. The van der Waals surface area contributed by atoms with Gasteiger partial charge in [-0.05, 0) is 29.8 Å². The molecule has 0 saturated heterocycles. The number of aryl methyl sites for hydroxylation is 2. The van der Waals surface area contributed by atoms with Gasteiger partial charge in [0, 0.05) is 18.9 Å². The van der Waals surface area contributed by atoms with Crippen molar-refractivity contribution in [3.05, 3.63) is 45.1 Å². The van der Waals surface area contributed by atoms with Crippen molar-refractivity contribution >= 4 is 15.9 Å². The molecular formula is C11H13BrN4O. The van der Waals surface area contributed by atoms with Crippen LogP contribution in [-0.4, -0.2) is 19.1 Å². The van der Waals surface area contributed by atoms with Crippen LogP contribution in [0, 0.1) is 6.92 Å². The van der Waals surface area contributed by atoms with Crippen LogP contribution in [0.4, 0.5) is 0 Å².